The van der Waals surface area contributed by atoms with Crippen molar-refractivity contribution in [1.29, 1.82) is 0 Å². The van der Waals surface area contributed by atoms with Gasteiger partial charge in [-0.3, -0.25) is 4.79 Å². The third-order valence-corrected chi connectivity index (χ3v) is 5.80. The van der Waals surface area contributed by atoms with Crippen molar-refractivity contribution < 1.29 is 9.53 Å². The van der Waals surface area contributed by atoms with Gasteiger partial charge in [0.1, 0.15) is 18.4 Å². The molecule has 1 amide bonds. The number of allylic oxidation sites excluding steroid dienone is 1. The van der Waals surface area contributed by atoms with Crippen LogP contribution in [0, 0.1) is 6.92 Å². The zero-order valence-corrected chi connectivity index (χ0v) is 18.9. The van der Waals surface area contributed by atoms with E-state index in [0.29, 0.717) is 23.8 Å². The van der Waals surface area contributed by atoms with Gasteiger partial charge in [0.05, 0.1) is 5.57 Å². The Balaban J connectivity index is 1.43. The summed E-state index contributed by atoms with van der Waals surface area (Å²) in [5, 5.41) is 18.2. The number of carbonyl (C=O) groups excluding carboxylic acids is 1. The fourth-order valence-electron chi connectivity index (χ4n) is 4.00. The summed E-state index contributed by atoms with van der Waals surface area (Å²) in [6.07, 6.45) is 0. The molecule has 0 bridgehead atoms. The van der Waals surface area contributed by atoms with E-state index in [1.54, 1.807) is 4.68 Å². The molecule has 34 heavy (non-hydrogen) atoms. The number of benzene rings is 3. The smallest absolute Gasteiger partial charge is 0.255 e. The predicted octanol–water partition coefficient (Wildman–Crippen LogP) is 4.49. The first-order valence-corrected chi connectivity index (χ1v) is 11.0. The first-order valence-electron chi connectivity index (χ1n) is 11.0. The van der Waals surface area contributed by atoms with E-state index in [9.17, 15) is 4.79 Å². The zero-order chi connectivity index (χ0) is 23.5. The Kier molecular flexibility index (Phi) is 5.78. The van der Waals surface area contributed by atoms with Gasteiger partial charge in [-0.15, -0.1) is 0 Å². The molecule has 1 aromatic heterocycles. The Hall–Kier alpha value is -4.46. The summed E-state index contributed by atoms with van der Waals surface area (Å²) in [5.41, 5.74) is 4.95. The fourth-order valence-corrected chi connectivity index (χ4v) is 4.00. The number of ether oxygens (including phenoxy) is 1. The number of para-hydroxylation sites is 1. The van der Waals surface area contributed by atoms with E-state index in [1.807, 2.05) is 92.7 Å². The number of anilines is 2. The van der Waals surface area contributed by atoms with Crippen LogP contribution in [0.2, 0.25) is 0 Å². The van der Waals surface area contributed by atoms with E-state index < -0.39 is 6.04 Å². The molecule has 0 fully saturated rings. The molecule has 1 aliphatic heterocycles. The van der Waals surface area contributed by atoms with Crippen LogP contribution in [0.1, 0.15) is 29.7 Å². The van der Waals surface area contributed by atoms with Gasteiger partial charge in [0.15, 0.2) is 0 Å². The van der Waals surface area contributed by atoms with Crippen LogP contribution in [0.15, 0.2) is 90.1 Å². The summed E-state index contributed by atoms with van der Waals surface area (Å²) in [4.78, 5) is 13.5. The molecule has 3 aromatic carbocycles. The van der Waals surface area contributed by atoms with E-state index in [2.05, 4.69) is 26.2 Å². The molecule has 0 saturated heterocycles. The average Bonchev–Trinajstić information content (AvgIpc) is 3.32. The molecule has 1 atom stereocenters. The Morgan fingerprint density at radius 3 is 2.50 bits per heavy atom. The average molecular weight is 453 g/mol. The predicted molar refractivity (Wildman–Crippen MR) is 129 cm³/mol. The molecule has 0 aliphatic carbocycles. The second-order valence-corrected chi connectivity index (χ2v) is 8.13. The van der Waals surface area contributed by atoms with Crippen LogP contribution in [0.25, 0.3) is 0 Å². The molecular formula is C26H24N6O2. The third-order valence-electron chi connectivity index (χ3n) is 5.80. The molecular weight excluding hydrogens is 428 g/mol. The number of aryl methyl sites for hydroxylation is 1. The van der Waals surface area contributed by atoms with Crippen molar-refractivity contribution in [3.05, 3.63) is 107 Å². The molecule has 2 N–H and O–H groups in total. The number of fused-ring (bicyclic) bond motifs is 1. The quantitative estimate of drug-likeness (QED) is 0.448. The minimum Gasteiger partial charge on any atom is -0.489 e. The van der Waals surface area contributed by atoms with Gasteiger partial charge in [0, 0.05) is 11.4 Å². The van der Waals surface area contributed by atoms with Gasteiger partial charge in [-0.05, 0) is 59.2 Å². The van der Waals surface area contributed by atoms with Crippen molar-refractivity contribution >= 4 is 17.5 Å². The molecule has 170 valence electrons. The van der Waals surface area contributed by atoms with Crippen LogP contribution < -0.4 is 15.4 Å². The first kappa shape index (κ1) is 21.4. The Morgan fingerprint density at radius 1 is 1.00 bits per heavy atom. The number of nitrogens with zero attached hydrogens (tertiary/aromatic N) is 4. The van der Waals surface area contributed by atoms with Crippen molar-refractivity contribution in [3.8, 4) is 5.75 Å². The molecule has 0 radical (unpaired) electrons. The number of carbonyl (C=O) groups is 1. The topological polar surface area (TPSA) is 94.0 Å². The third kappa shape index (κ3) is 4.25. The molecule has 1 aliphatic rings. The Bertz CT molecular complexity index is 1350. The highest BCUT2D eigenvalue weighted by Crippen LogP contribution is 2.35. The van der Waals surface area contributed by atoms with Crippen molar-refractivity contribution in [1.82, 2.24) is 20.2 Å². The second kappa shape index (κ2) is 9.19. The Morgan fingerprint density at radius 2 is 1.74 bits per heavy atom. The van der Waals surface area contributed by atoms with Gasteiger partial charge < -0.3 is 15.4 Å². The van der Waals surface area contributed by atoms with Crippen LogP contribution >= 0.6 is 0 Å². The van der Waals surface area contributed by atoms with Gasteiger partial charge in [-0.1, -0.05) is 65.8 Å². The van der Waals surface area contributed by atoms with Crippen molar-refractivity contribution in [2.24, 2.45) is 0 Å². The van der Waals surface area contributed by atoms with Crippen molar-refractivity contribution in [3.63, 3.8) is 0 Å². The lowest BCUT2D eigenvalue weighted by molar-refractivity contribution is -0.113. The molecule has 8 nitrogen and oxygen atoms in total. The largest absolute Gasteiger partial charge is 0.489 e. The van der Waals surface area contributed by atoms with Gasteiger partial charge >= 0.3 is 0 Å². The van der Waals surface area contributed by atoms with E-state index >= 15 is 0 Å². The van der Waals surface area contributed by atoms with Crippen LogP contribution in [0.5, 0.6) is 5.75 Å². The number of amides is 1. The second-order valence-electron chi connectivity index (χ2n) is 8.13. The maximum Gasteiger partial charge on any atom is 0.255 e. The summed E-state index contributed by atoms with van der Waals surface area (Å²) in [5.74, 6) is 1.01. The maximum absolute atomic E-state index is 13.5. The highest BCUT2D eigenvalue weighted by atomic mass is 16.5. The molecule has 0 saturated carbocycles. The standard InChI is InChI=1S/C26H24N6O2/c1-17-8-6-7-11-22(17)28-25(33)23-18(2)27-26-29-30-31-32(26)24(23)20-12-14-21(15-13-20)34-16-19-9-4-3-5-10-19/h3-15,24H,16H2,1-2H3,(H,28,33)(H,27,29,31)/t24-/m0/s1. The maximum atomic E-state index is 13.5. The first-order chi connectivity index (χ1) is 16.6. The monoisotopic (exact) mass is 452 g/mol. The highest BCUT2D eigenvalue weighted by Gasteiger charge is 2.34. The van der Waals surface area contributed by atoms with E-state index in [4.69, 9.17) is 4.74 Å². The van der Waals surface area contributed by atoms with Crippen LogP contribution in [-0.2, 0) is 11.4 Å². The lowest BCUT2D eigenvalue weighted by atomic mass is 9.95. The highest BCUT2D eigenvalue weighted by molar-refractivity contribution is 6.06. The van der Waals surface area contributed by atoms with E-state index in [0.717, 1.165) is 28.1 Å². The van der Waals surface area contributed by atoms with E-state index in [1.165, 1.54) is 0 Å². The minimum absolute atomic E-state index is 0.213. The van der Waals surface area contributed by atoms with Crippen LogP contribution in [0.3, 0.4) is 0 Å². The SMILES string of the molecule is CC1=C(C(=O)Nc2ccccc2C)[C@H](c2ccc(OCc3ccccc3)cc2)n2nnnc2N1. The molecule has 2 heterocycles. The normalized spacial score (nSPS) is 14.8. The molecule has 8 heteroatoms. The van der Waals surface area contributed by atoms with Crippen molar-refractivity contribution in [2.45, 2.75) is 26.5 Å². The van der Waals surface area contributed by atoms with Gasteiger partial charge in [0.2, 0.25) is 5.95 Å². The summed E-state index contributed by atoms with van der Waals surface area (Å²) < 4.78 is 7.55. The summed E-state index contributed by atoms with van der Waals surface area (Å²) in [6, 6.07) is 24.9. The van der Waals surface area contributed by atoms with Crippen molar-refractivity contribution in [2.75, 3.05) is 10.6 Å². The summed E-state index contributed by atoms with van der Waals surface area (Å²) >= 11 is 0. The summed E-state index contributed by atoms with van der Waals surface area (Å²) in [7, 11) is 0. The van der Waals surface area contributed by atoms with Crippen LogP contribution in [-0.4, -0.2) is 26.1 Å². The Labute approximate surface area is 197 Å². The van der Waals surface area contributed by atoms with Gasteiger partial charge in [-0.2, -0.15) is 4.68 Å². The zero-order valence-electron chi connectivity index (χ0n) is 18.9. The number of rotatable bonds is 6. The summed E-state index contributed by atoms with van der Waals surface area (Å²) in [6.45, 7) is 4.30. The van der Waals surface area contributed by atoms with Crippen LogP contribution in [0.4, 0.5) is 11.6 Å². The fraction of sp³-hybridized carbons (Fsp3) is 0.154. The number of hydrogen-bond acceptors (Lipinski definition) is 6. The minimum atomic E-state index is -0.488. The lowest BCUT2D eigenvalue weighted by Gasteiger charge is -2.28. The number of nitrogens with one attached hydrogen (secondary N) is 2. The number of aromatic nitrogens is 4. The molecule has 5 rings (SSSR count). The number of hydrogen-bond donors (Lipinski definition) is 2. The number of tetrazole rings is 1. The van der Waals surface area contributed by atoms with Gasteiger partial charge in [0.25, 0.3) is 5.91 Å². The lowest BCUT2D eigenvalue weighted by Crippen LogP contribution is -2.31. The molecule has 0 spiro atoms. The molecule has 4 aromatic rings. The van der Waals surface area contributed by atoms with Gasteiger partial charge in [-0.25, -0.2) is 0 Å². The molecule has 0 unspecified atom stereocenters. The van der Waals surface area contributed by atoms with E-state index in [-0.39, 0.29) is 5.91 Å².